The molecule has 4 nitrogen and oxygen atoms in total. The number of pyridine rings is 1. The summed E-state index contributed by atoms with van der Waals surface area (Å²) in [5.74, 6) is 1.78. The topological polar surface area (TPSA) is 45.4 Å². The molecule has 0 saturated carbocycles. The van der Waals surface area contributed by atoms with Crippen molar-refractivity contribution in [3.63, 3.8) is 0 Å². The maximum atomic E-state index is 5.73. The lowest BCUT2D eigenvalue weighted by molar-refractivity contribution is 0.180. The Kier molecular flexibility index (Phi) is 5.16. The van der Waals surface area contributed by atoms with Gasteiger partial charge in [0.2, 0.25) is 0 Å². The second-order valence-corrected chi connectivity index (χ2v) is 5.49. The van der Waals surface area contributed by atoms with Crippen molar-refractivity contribution in [1.29, 1.82) is 0 Å². The average Bonchev–Trinajstić information content (AvgIpc) is 2.48. The monoisotopic (exact) mass is 262 g/mol. The fourth-order valence-corrected chi connectivity index (χ4v) is 2.54. The van der Waals surface area contributed by atoms with Crippen LogP contribution in [0, 0.1) is 5.92 Å². The van der Waals surface area contributed by atoms with Crippen LogP contribution in [-0.4, -0.2) is 43.1 Å². The van der Waals surface area contributed by atoms with Gasteiger partial charge in [-0.2, -0.15) is 0 Å². The second-order valence-electron chi connectivity index (χ2n) is 5.49. The van der Waals surface area contributed by atoms with Gasteiger partial charge in [0.05, 0.1) is 0 Å². The summed E-state index contributed by atoms with van der Waals surface area (Å²) in [5, 5.41) is 0. The summed E-state index contributed by atoms with van der Waals surface area (Å²) in [6.07, 6.45) is 4.48. The number of nitrogens with two attached hydrogens (primary N) is 1. The van der Waals surface area contributed by atoms with E-state index in [-0.39, 0.29) is 0 Å². The van der Waals surface area contributed by atoms with E-state index < -0.39 is 0 Å². The van der Waals surface area contributed by atoms with Crippen LogP contribution in [-0.2, 0) is 6.54 Å². The second kappa shape index (κ2) is 6.87. The zero-order valence-electron chi connectivity index (χ0n) is 12.2. The van der Waals surface area contributed by atoms with Crippen molar-refractivity contribution < 1.29 is 0 Å². The van der Waals surface area contributed by atoms with E-state index in [0.29, 0.717) is 0 Å². The molecule has 0 unspecified atom stereocenters. The highest BCUT2D eigenvalue weighted by atomic mass is 15.2. The van der Waals surface area contributed by atoms with E-state index in [2.05, 4.69) is 40.9 Å². The molecule has 4 heteroatoms. The Balaban J connectivity index is 1.86. The summed E-state index contributed by atoms with van der Waals surface area (Å²) >= 11 is 0. The van der Waals surface area contributed by atoms with E-state index >= 15 is 0 Å². The Hall–Kier alpha value is -1.13. The van der Waals surface area contributed by atoms with Gasteiger partial charge >= 0.3 is 0 Å². The fraction of sp³-hybridized carbons (Fsp3) is 0.667. The summed E-state index contributed by atoms with van der Waals surface area (Å²) in [6, 6.07) is 4.31. The summed E-state index contributed by atoms with van der Waals surface area (Å²) in [7, 11) is 2.07. The van der Waals surface area contributed by atoms with Gasteiger partial charge in [0.25, 0.3) is 0 Å². The molecule has 1 fully saturated rings. The van der Waals surface area contributed by atoms with Crippen LogP contribution in [0.5, 0.6) is 0 Å². The standard InChI is InChI=1S/C15H26N4/c1-3-18(2)15-5-4-14(11-17-15)12-19-8-6-13(10-16)7-9-19/h4-5,11,13H,3,6-10,12,16H2,1-2H3. The highest BCUT2D eigenvalue weighted by Gasteiger charge is 2.17. The van der Waals surface area contributed by atoms with Gasteiger partial charge in [-0.15, -0.1) is 0 Å². The van der Waals surface area contributed by atoms with Crippen LogP contribution in [0.4, 0.5) is 5.82 Å². The molecule has 0 atom stereocenters. The lowest BCUT2D eigenvalue weighted by atomic mass is 9.97. The Bertz CT molecular complexity index is 368. The van der Waals surface area contributed by atoms with Gasteiger partial charge in [-0.25, -0.2) is 4.98 Å². The third-order valence-electron chi connectivity index (χ3n) is 4.12. The van der Waals surface area contributed by atoms with Gasteiger partial charge in [-0.1, -0.05) is 6.07 Å². The van der Waals surface area contributed by atoms with Crippen molar-refractivity contribution in [3.8, 4) is 0 Å². The lowest BCUT2D eigenvalue weighted by Crippen LogP contribution is -2.35. The Morgan fingerprint density at radius 1 is 1.37 bits per heavy atom. The first-order chi connectivity index (χ1) is 9.22. The molecule has 1 aliphatic heterocycles. The molecular formula is C15H26N4. The molecule has 0 spiro atoms. The summed E-state index contributed by atoms with van der Waals surface area (Å²) in [6.45, 7) is 7.31. The minimum atomic E-state index is 0.731. The van der Waals surface area contributed by atoms with E-state index in [9.17, 15) is 0 Å². The number of nitrogens with zero attached hydrogens (tertiary/aromatic N) is 3. The maximum Gasteiger partial charge on any atom is 0.128 e. The highest BCUT2D eigenvalue weighted by molar-refractivity contribution is 5.37. The van der Waals surface area contributed by atoms with Crippen molar-refractivity contribution in [1.82, 2.24) is 9.88 Å². The molecule has 1 aliphatic rings. The molecule has 0 aliphatic carbocycles. The summed E-state index contributed by atoms with van der Waals surface area (Å²) in [4.78, 5) is 9.18. The Labute approximate surface area is 116 Å². The largest absolute Gasteiger partial charge is 0.360 e. The number of aromatic nitrogens is 1. The third-order valence-corrected chi connectivity index (χ3v) is 4.12. The normalized spacial score (nSPS) is 17.6. The first-order valence-electron chi connectivity index (χ1n) is 7.31. The zero-order valence-corrected chi connectivity index (χ0v) is 12.2. The lowest BCUT2D eigenvalue weighted by Gasteiger charge is -2.31. The molecular weight excluding hydrogens is 236 g/mol. The predicted octanol–water partition coefficient (Wildman–Crippen LogP) is 1.71. The van der Waals surface area contributed by atoms with Crippen LogP contribution in [0.1, 0.15) is 25.3 Å². The van der Waals surface area contributed by atoms with Crippen LogP contribution in [0.3, 0.4) is 0 Å². The van der Waals surface area contributed by atoms with Crippen LogP contribution >= 0.6 is 0 Å². The van der Waals surface area contributed by atoms with E-state index in [4.69, 9.17) is 5.73 Å². The molecule has 0 bridgehead atoms. The van der Waals surface area contributed by atoms with Crippen molar-refractivity contribution >= 4 is 5.82 Å². The van der Waals surface area contributed by atoms with Gasteiger partial charge in [-0.3, -0.25) is 4.90 Å². The number of hydrogen-bond acceptors (Lipinski definition) is 4. The molecule has 1 aromatic heterocycles. The third kappa shape index (κ3) is 3.91. The maximum absolute atomic E-state index is 5.73. The van der Waals surface area contributed by atoms with Crippen molar-refractivity contribution in [3.05, 3.63) is 23.9 Å². The van der Waals surface area contributed by atoms with Crippen LogP contribution in [0.15, 0.2) is 18.3 Å². The zero-order chi connectivity index (χ0) is 13.7. The first kappa shape index (κ1) is 14.3. The molecule has 1 aromatic rings. The summed E-state index contributed by atoms with van der Waals surface area (Å²) in [5.41, 5.74) is 7.03. The van der Waals surface area contributed by atoms with Crippen LogP contribution in [0.25, 0.3) is 0 Å². The van der Waals surface area contributed by atoms with Crippen LogP contribution < -0.4 is 10.6 Å². The quantitative estimate of drug-likeness (QED) is 0.877. The molecule has 0 radical (unpaired) electrons. The number of anilines is 1. The van der Waals surface area contributed by atoms with Gasteiger partial charge in [-0.05, 0) is 56.9 Å². The number of hydrogen-bond donors (Lipinski definition) is 1. The Morgan fingerprint density at radius 2 is 2.11 bits per heavy atom. The number of piperidine rings is 1. The van der Waals surface area contributed by atoms with Gasteiger partial charge in [0, 0.05) is 26.3 Å². The minimum Gasteiger partial charge on any atom is -0.360 e. The van der Waals surface area contributed by atoms with Gasteiger partial charge < -0.3 is 10.6 Å². The van der Waals surface area contributed by atoms with E-state index in [0.717, 1.165) is 31.4 Å². The van der Waals surface area contributed by atoms with Crippen molar-refractivity contribution in [2.45, 2.75) is 26.3 Å². The molecule has 2 heterocycles. The van der Waals surface area contributed by atoms with Crippen molar-refractivity contribution in [2.24, 2.45) is 11.7 Å². The number of likely N-dealkylation sites (tertiary alicyclic amines) is 1. The SMILES string of the molecule is CCN(C)c1ccc(CN2CCC(CN)CC2)cn1. The number of rotatable bonds is 5. The van der Waals surface area contributed by atoms with Crippen LogP contribution in [0.2, 0.25) is 0 Å². The molecule has 1 saturated heterocycles. The molecule has 106 valence electrons. The first-order valence-corrected chi connectivity index (χ1v) is 7.31. The smallest absolute Gasteiger partial charge is 0.128 e. The molecule has 0 aromatic carbocycles. The summed E-state index contributed by atoms with van der Waals surface area (Å²) < 4.78 is 0. The van der Waals surface area contributed by atoms with Gasteiger partial charge in [0.1, 0.15) is 5.82 Å². The molecule has 2 rings (SSSR count). The van der Waals surface area contributed by atoms with E-state index in [1.165, 1.54) is 31.5 Å². The van der Waals surface area contributed by atoms with E-state index in [1.54, 1.807) is 0 Å². The average molecular weight is 262 g/mol. The minimum absolute atomic E-state index is 0.731. The fourth-order valence-electron chi connectivity index (χ4n) is 2.54. The van der Waals surface area contributed by atoms with Crippen molar-refractivity contribution in [2.75, 3.05) is 38.1 Å². The predicted molar refractivity (Wildman–Crippen MR) is 80.2 cm³/mol. The van der Waals surface area contributed by atoms with E-state index in [1.807, 2.05) is 6.20 Å². The highest BCUT2D eigenvalue weighted by Crippen LogP contribution is 2.18. The molecule has 0 amide bonds. The molecule has 2 N–H and O–H groups in total. The Morgan fingerprint density at radius 3 is 2.63 bits per heavy atom. The van der Waals surface area contributed by atoms with Gasteiger partial charge in [0.15, 0.2) is 0 Å². The molecule has 19 heavy (non-hydrogen) atoms.